The highest BCUT2D eigenvalue weighted by Gasteiger charge is 2.35. The van der Waals surface area contributed by atoms with Gasteiger partial charge < -0.3 is 5.32 Å². The number of hydrogen-bond acceptors (Lipinski definition) is 2. The molecule has 0 bridgehead atoms. The second kappa shape index (κ2) is 7.36. The number of carbonyl (C=O) groups excluding carboxylic acids is 1. The van der Waals surface area contributed by atoms with Crippen LogP contribution in [0.2, 0.25) is 0 Å². The summed E-state index contributed by atoms with van der Waals surface area (Å²) < 4.78 is 38.6. The molecule has 2 atom stereocenters. The van der Waals surface area contributed by atoms with Gasteiger partial charge in [0.05, 0.1) is 5.56 Å². The second-order valence-electron chi connectivity index (χ2n) is 7.04. The topological polar surface area (TPSA) is 32.3 Å². The van der Waals surface area contributed by atoms with Gasteiger partial charge in [-0.3, -0.25) is 9.69 Å². The van der Waals surface area contributed by atoms with E-state index in [4.69, 9.17) is 0 Å². The Morgan fingerprint density at radius 2 is 1.92 bits per heavy atom. The Hall–Kier alpha value is -1.56. The molecule has 1 saturated carbocycles. The molecule has 1 heterocycles. The molecule has 1 saturated heterocycles. The Morgan fingerprint density at radius 3 is 2.56 bits per heavy atom. The highest BCUT2D eigenvalue weighted by molar-refractivity contribution is 5.96. The van der Waals surface area contributed by atoms with E-state index in [2.05, 4.69) is 10.2 Å². The van der Waals surface area contributed by atoms with Crippen molar-refractivity contribution in [3.8, 4) is 0 Å². The van der Waals surface area contributed by atoms with Gasteiger partial charge in [0.15, 0.2) is 0 Å². The van der Waals surface area contributed by atoms with Gasteiger partial charge in [-0.2, -0.15) is 13.2 Å². The zero-order chi connectivity index (χ0) is 18.0. The van der Waals surface area contributed by atoms with Crippen molar-refractivity contribution in [2.24, 2.45) is 0 Å². The van der Waals surface area contributed by atoms with Crippen molar-refractivity contribution in [3.05, 3.63) is 34.9 Å². The predicted molar refractivity (Wildman–Crippen MR) is 90.5 cm³/mol. The molecule has 1 aliphatic carbocycles. The van der Waals surface area contributed by atoms with Crippen LogP contribution in [0.5, 0.6) is 0 Å². The van der Waals surface area contributed by atoms with Crippen molar-refractivity contribution in [3.63, 3.8) is 0 Å². The van der Waals surface area contributed by atoms with E-state index in [0.29, 0.717) is 23.6 Å². The Morgan fingerprint density at radius 1 is 1.20 bits per heavy atom. The van der Waals surface area contributed by atoms with Gasteiger partial charge in [-0.05, 0) is 75.4 Å². The fraction of sp³-hybridized carbons (Fsp3) is 0.632. The molecule has 3 nitrogen and oxygen atoms in total. The maximum atomic E-state index is 12.9. The number of benzene rings is 1. The molecule has 2 unspecified atom stereocenters. The zero-order valence-electron chi connectivity index (χ0n) is 14.5. The molecular weight excluding hydrogens is 329 g/mol. The average molecular weight is 354 g/mol. The second-order valence-corrected chi connectivity index (χ2v) is 7.04. The lowest BCUT2D eigenvalue weighted by Gasteiger charge is -2.30. The molecule has 0 spiro atoms. The fourth-order valence-electron chi connectivity index (χ4n) is 4.15. The highest BCUT2D eigenvalue weighted by Crippen LogP contribution is 2.31. The van der Waals surface area contributed by atoms with Crippen LogP contribution in [0.1, 0.15) is 60.5 Å². The Kier molecular flexibility index (Phi) is 5.37. The lowest BCUT2D eigenvalue weighted by Crippen LogP contribution is -2.47. The van der Waals surface area contributed by atoms with Crippen LogP contribution in [-0.2, 0) is 12.6 Å². The summed E-state index contributed by atoms with van der Waals surface area (Å²) in [5.74, 6) is -0.248. The third-order valence-corrected chi connectivity index (χ3v) is 5.46. The number of aryl methyl sites for hydroxylation is 1. The van der Waals surface area contributed by atoms with Crippen molar-refractivity contribution in [1.29, 1.82) is 0 Å². The minimum Gasteiger partial charge on any atom is -0.348 e. The smallest absolute Gasteiger partial charge is 0.348 e. The number of amides is 1. The summed E-state index contributed by atoms with van der Waals surface area (Å²) >= 11 is 0. The Labute approximate surface area is 146 Å². The molecule has 0 aromatic heterocycles. The van der Waals surface area contributed by atoms with E-state index < -0.39 is 11.7 Å². The van der Waals surface area contributed by atoms with Crippen molar-refractivity contribution in [2.45, 2.75) is 63.7 Å². The summed E-state index contributed by atoms with van der Waals surface area (Å²) in [5.41, 5.74) is 0.113. The zero-order valence-corrected chi connectivity index (χ0v) is 14.5. The summed E-state index contributed by atoms with van der Waals surface area (Å²) in [6, 6.07) is 3.88. The molecule has 6 heteroatoms. The van der Waals surface area contributed by atoms with Crippen LogP contribution in [0.15, 0.2) is 18.2 Å². The van der Waals surface area contributed by atoms with E-state index >= 15 is 0 Å². The van der Waals surface area contributed by atoms with Crippen LogP contribution < -0.4 is 5.32 Å². The molecule has 1 amide bonds. The standard InChI is InChI=1S/C19H25F3N2O/c1-2-13-12-14(19(20,21)22)8-9-15(13)18(25)23-16-6-5-7-17(16)24-10-3-4-11-24/h8-9,12,16-17H,2-7,10-11H2,1H3,(H,23,25). The van der Waals surface area contributed by atoms with E-state index in [9.17, 15) is 18.0 Å². The van der Waals surface area contributed by atoms with Gasteiger partial charge in [-0.15, -0.1) is 0 Å². The van der Waals surface area contributed by atoms with Crippen LogP contribution in [0, 0.1) is 0 Å². The quantitative estimate of drug-likeness (QED) is 0.886. The van der Waals surface area contributed by atoms with Crippen LogP contribution in [0.3, 0.4) is 0 Å². The molecule has 1 N–H and O–H groups in total. The van der Waals surface area contributed by atoms with Gasteiger partial charge in [-0.25, -0.2) is 0 Å². The van der Waals surface area contributed by atoms with Gasteiger partial charge >= 0.3 is 6.18 Å². The summed E-state index contributed by atoms with van der Waals surface area (Å²) in [6.07, 6.45) is 1.53. The predicted octanol–water partition coefficient (Wildman–Crippen LogP) is 4.01. The molecular formula is C19H25F3N2O. The maximum absolute atomic E-state index is 12.9. The van der Waals surface area contributed by atoms with E-state index in [1.165, 1.54) is 18.9 Å². The summed E-state index contributed by atoms with van der Waals surface area (Å²) in [7, 11) is 0. The molecule has 2 fully saturated rings. The number of nitrogens with one attached hydrogen (secondary N) is 1. The molecule has 3 rings (SSSR count). The first-order chi connectivity index (χ1) is 11.9. The normalized spacial score (nSPS) is 24.6. The minimum atomic E-state index is -4.38. The first-order valence-corrected chi connectivity index (χ1v) is 9.15. The number of rotatable bonds is 4. The van der Waals surface area contributed by atoms with E-state index in [-0.39, 0.29) is 11.9 Å². The SMILES string of the molecule is CCc1cc(C(F)(F)F)ccc1C(=O)NC1CCCC1N1CCCC1. The number of likely N-dealkylation sites (tertiary alicyclic amines) is 1. The average Bonchev–Trinajstić information content (AvgIpc) is 3.24. The molecule has 1 aliphatic heterocycles. The molecule has 1 aromatic carbocycles. The number of hydrogen-bond donors (Lipinski definition) is 1. The summed E-state index contributed by atoms with van der Waals surface area (Å²) in [4.78, 5) is 15.1. The van der Waals surface area contributed by atoms with Gasteiger partial charge in [-0.1, -0.05) is 6.92 Å². The molecule has 0 radical (unpaired) electrons. The fourth-order valence-corrected chi connectivity index (χ4v) is 4.15. The molecule has 2 aliphatic rings. The Bertz CT molecular complexity index is 624. The summed E-state index contributed by atoms with van der Waals surface area (Å²) in [5, 5.41) is 3.09. The van der Waals surface area contributed by atoms with Crippen molar-refractivity contribution < 1.29 is 18.0 Å². The number of alkyl halides is 3. The minimum absolute atomic E-state index is 0.0950. The van der Waals surface area contributed by atoms with Gasteiger partial charge in [0.2, 0.25) is 0 Å². The third-order valence-electron chi connectivity index (χ3n) is 5.46. The first kappa shape index (κ1) is 18.2. The number of nitrogens with zero attached hydrogens (tertiary/aromatic N) is 1. The third kappa shape index (κ3) is 4.00. The first-order valence-electron chi connectivity index (χ1n) is 9.15. The largest absolute Gasteiger partial charge is 0.416 e. The Balaban J connectivity index is 1.74. The summed E-state index contributed by atoms with van der Waals surface area (Å²) in [6.45, 7) is 3.93. The van der Waals surface area contributed by atoms with E-state index in [1.54, 1.807) is 6.92 Å². The molecule has 25 heavy (non-hydrogen) atoms. The van der Waals surface area contributed by atoms with Gasteiger partial charge in [0.1, 0.15) is 0 Å². The maximum Gasteiger partial charge on any atom is 0.416 e. The number of halogens is 3. The highest BCUT2D eigenvalue weighted by atomic mass is 19.4. The lowest BCUT2D eigenvalue weighted by atomic mass is 10.00. The van der Waals surface area contributed by atoms with E-state index in [0.717, 1.165) is 44.5 Å². The van der Waals surface area contributed by atoms with Crippen molar-refractivity contribution >= 4 is 5.91 Å². The van der Waals surface area contributed by atoms with Crippen LogP contribution >= 0.6 is 0 Å². The number of carbonyl (C=O) groups is 1. The molecule has 1 aromatic rings. The lowest BCUT2D eigenvalue weighted by molar-refractivity contribution is -0.137. The van der Waals surface area contributed by atoms with Crippen molar-refractivity contribution in [2.75, 3.05) is 13.1 Å². The monoisotopic (exact) mass is 354 g/mol. The van der Waals surface area contributed by atoms with Crippen LogP contribution in [-0.4, -0.2) is 36.0 Å². The van der Waals surface area contributed by atoms with Crippen LogP contribution in [0.4, 0.5) is 13.2 Å². The van der Waals surface area contributed by atoms with Gasteiger partial charge in [0.25, 0.3) is 5.91 Å². The van der Waals surface area contributed by atoms with Crippen LogP contribution in [0.25, 0.3) is 0 Å². The van der Waals surface area contributed by atoms with Gasteiger partial charge in [0, 0.05) is 17.6 Å². The van der Waals surface area contributed by atoms with E-state index in [1.807, 2.05) is 0 Å². The van der Waals surface area contributed by atoms with Crippen molar-refractivity contribution in [1.82, 2.24) is 10.2 Å². The molecule has 138 valence electrons.